The smallest absolute Gasteiger partial charge is 0.0349 e. The topological polar surface area (TPSA) is 38.9 Å². The van der Waals surface area contributed by atoms with E-state index in [9.17, 15) is 0 Å². The molecule has 1 aliphatic carbocycles. The molecule has 0 unspecified atom stereocenters. The number of aromatic nitrogens is 1. The predicted molar refractivity (Wildman–Crippen MR) is 66.2 cm³/mol. The van der Waals surface area contributed by atoms with Crippen molar-refractivity contribution in [3.63, 3.8) is 0 Å². The SMILES string of the molecule is NC1(CCc2cccc3ccncc23)CC1. The fourth-order valence-corrected chi connectivity index (χ4v) is 2.19. The first kappa shape index (κ1) is 9.79. The molecule has 1 saturated carbocycles. The summed E-state index contributed by atoms with van der Waals surface area (Å²) >= 11 is 0. The first-order chi connectivity index (χ1) is 7.77. The lowest BCUT2D eigenvalue weighted by Gasteiger charge is -2.10. The molecular formula is C14H16N2. The summed E-state index contributed by atoms with van der Waals surface area (Å²) in [4.78, 5) is 4.20. The van der Waals surface area contributed by atoms with E-state index in [0.29, 0.717) is 0 Å². The average molecular weight is 212 g/mol. The minimum absolute atomic E-state index is 0.143. The quantitative estimate of drug-likeness (QED) is 0.849. The second kappa shape index (κ2) is 3.56. The molecule has 1 fully saturated rings. The minimum Gasteiger partial charge on any atom is -0.325 e. The van der Waals surface area contributed by atoms with Gasteiger partial charge in [-0.2, -0.15) is 0 Å². The third-order valence-electron chi connectivity index (χ3n) is 3.56. The summed E-state index contributed by atoms with van der Waals surface area (Å²) in [5, 5.41) is 2.55. The molecule has 1 heterocycles. The van der Waals surface area contributed by atoms with Gasteiger partial charge in [-0.05, 0) is 42.7 Å². The van der Waals surface area contributed by atoms with E-state index in [-0.39, 0.29) is 5.54 Å². The molecule has 3 rings (SSSR count). The van der Waals surface area contributed by atoms with E-state index in [1.807, 2.05) is 12.4 Å². The Morgan fingerprint density at radius 1 is 1.25 bits per heavy atom. The van der Waals surface area contributed by atoms with E-state index in [1.165, 1.54) is 29.2 Å². The molecule has 2 nitrogen and oxygen atoms in total. The summed E-state index contributed by atoms with van der Waals surface area (Å²) < 4.78 is 0. The number of aryl methyl sites for hydroxylation is 1. The molecule has 16 heavy (non-hydrogen) atoms. The lowest BCUT2D eigenvalue weighted by molar-refractivity contribution is 0.610. The van der Waals surface area contributed by atoms with Crippen molar-refractivity contribution in [3.05, 3.63) is 42.2 Å². The van der Waals surface area contributed by atoms with Crippen LogP contribution in [0.2, 0.25) is 0 Å². The number of hydrogen-bond donors (Lipinski definition) is 1. The van der Waals surface area contributed by atoms with Gasteiger partial charge >= 0.3 is 0 Å². The number of pyridine rings is 1. The maximum Gasteiger partial charge on any atom is 0.0349 e. The Hall–Kier alpha value is -1.41. The lowest BCUT2D eigenvalue weighted by Crippen LogP contribution is -2.22. The molecule has 0 bridgehead atoms. The van der Waals surface area contributed by atoms with Crippen LogP contribution in [-0.2, 0) is 6.42 Å². The second-order valence-electron chi connectivity index (χ2n) is 4.88. The van der Waals surface area contributed by atoms with Gasteiger partial charge < -0.3 is 5.73 Å². The van der Waals surface area contributed by atoms with Crippen LogP contribution >= 0.6 is 0 Å². The maximum absolute atomic E-state index is 6.12. The van der Waals surface area contributed by atoms with Gasteiger partial charge in [-0.15, -0.1) is 0 Å². The van der Waals surface area contributed by atoms with Crippen molar-refractivity contribution in [1.82, 2.24) is 4.98 Å². The van der Waals surface area contributed by atoms with Gasteiger partial charge in [0.15, 0.2) is 0 Å². The highest BCUT2D eigenvalue weighted by Gasteiger charge is 2.37. The summed E-state index contributed by atoms with van der Waals surface area (Å²) in [5.74, 6) is 0. The standard InChI is InChI=1S/C14H16N2/c15-14(7-8-14)6-4-11-2-1-3-12-5-9-16-10-13(11)12/h1-3,5,9-10H,4,6-8,15H2. The van der Waals surface area contributed by atoms with Gasteiger partial charge in [0, 0.05) is 23.3 Å². The second-order valence-corrected chi connectivity index (χ2v) is 4.88. The zero-order valence-electron chi connectivity index (χ0n) is 9.32. The molecule has 0 saturated heterocycles. The van der Waals surface area contributed by atoms with Crippen molar-refractivity contribution in [2.24, 2.45) is 5.73 Å². The van der Waals surface area contributed by atoms with Crippen molar-refractivity contribution in [3.8, 4) is 0 Å². The third-order valence-corrected chi connectivity index (χ3v) is 3.56. The monoisotopic (exact) mass is 212 g/mol. The summed E-state index contributed by atoms with van der Waals surface area (Å²) in [6, 6.07) is 8.51. The molecule has 1 aromatic carbocycles. The van der Waals surface area contributed by atoms with Crippen LogP contribution in [0.15, 0.2) is 36.7 Å². The van der Waals surface area contributed by atoms with Crippen LogP contribution < -0.4 is 5.73 Å². The Morgan fingerprint density at radius 3 is 2.94 bits per heavy atom. The predicted octanol–water partition coefficient (Wildman–Crippen LogP) is 2.66. The van der Waals surface area contributed by atoms with E-state index in [4.69, 9.17) is 5.73 Å². The highest BCUT2D eigenvalue weighted by atomic mass is 14.8. The largest absolute Gasteiger partial charge is 0.325 e. The normalized spacial score (nSPS) is 17.6. The Kier molecular flexibility index (Phi) is 2.18. The van der Waals surface area contributed by atoms with Crippen LogP contribution in [0, 0.1) is 0 Å². The molecule has 0 spiro atoms. The summed E-state index contributed by atoms with van der Waals surface area (Å²) in [6.45, 7) is 0. The van der Waals surface area contributed by atoms with Crippen LogP contribution in [0.5, 0.6) is 0 Å². The zero-order chi connectivity index (χ0) is 11.0. The maximum atomic E-state index is 6.12. The molecule has 1 aromatic heterocycles. The van der Waals surface area contributed by atoms with Crippen molar-refractivity contribution >= 4 is 10.8 Å². The molecule has 0 aliphatic heterocycles. The summed E-state index contributed by atoms with van der Waals surface area (Å²) in [5.41, 5.74) is 7.64. The van der Waals surface area contributed by atoms with E-state index >= 15 is 0 Å². The van der Waals surface area contributed by atoms with Crippen LogP contribution in [0.25, 0.3) is 10.8 Å². The van der Waals surface area contributed by atoms with Gasteiger partial charge in [-0.1, -0.05) is 18.2 Å². The number of hydrogen-bond acceptors (Lipinski definition) is 2. The highest BCUT2D eigenvalue weighted by Crippen LogP contribution is 2.37. The van der Waals surface area contributed by atoms with Crippen LogP contribution in [0.3, 0.4) is 0 Å². The third kappa shape index (κ3) is 1.81. The molecule has 2 N–H and O–H groups in total. The van der Waals surface area contributed by atoms with Crippen molar-refractivity contribution < 1.29 is 0 Å². The Labute approximate surface area is 95.5 Å². The number of nitrogens with two attached hydrogens (primary N) is 1. The Balaban J connectivity index is 1.90. The van der Waals surface area contributed by atoms with Crippen molar-refractivity contribution in [1.29, 1.82) is 0 Å². The lowest BCUT2D eigenvalue weighted by atomic mass is 10.00. The van der Waals surface area contributed by atoms with Crippen LogP contribution in [0.1, 0.15) is 24.8 Å². The first-order valence-electron chi connectivity index (χ1n) is 5.87. The summed E-state index contributed by atoms with van der Waals surface area (Å²) in [6.07, 6.45) is 8.35. The number of fused-ring (bicyclic) bond motifs is 1. The molecule has 0 amide bonds. The van der Waals surface area contributed by atoms with Gasteiger partial charge in [0.25, 0.3) is 0 Å². The minimum atomic E-state index is 0.143. The highest BCUT2D eigenvalue weighted by molar-refractivity contribution is 5.84. The van der Waals surface area contributed by atoms with Gasteiger partial charge in [-0.25, -0.2) is 0 Å². The fourth-order valence-electron chi connectivity index (χ4n) is 2.19. The molecular weight excluding hydrogens is 196 g/mol. The zero-order valence-corrected chi connectivity index (χ0v) is 9.32. The van der Waals surface area contributed by atoms with Gasteiger partial charge in [0.2, 0.25) is 0 Å². The van der Waals surface area contributed by atoms with Crippen molar-refractivity contribution in [2.75, 3.05) is 0 Å². The molecule has 82 valence electrons. The summed E-state index contributed by atoms with van der Waals surface area (Å²) in [7, 11) is 0. The van der Waals surface area contributed by atoms with Gasteiger partial charge in [-0.3, -0.25) is 4.98 Å². The molecule has 2 aromatic rings. The van der Waals surface area contributed by atoms with Crippen LogP contribution in [0.4, 0.5) is 0 Å². The van der Waals surface area contributed by atoms with Gasteiger partial charge in [0.1, 0.15) is 0 Å². The first-order valence-corrected chi connectivity index (χ1v) is 5.87. The molecule has 0 radical (unpaired) electrons. The number of benzene rings is 1. The Morgan fingerprint density at radius 2 is 2.12 bits per heavy atom. The average Bonchev–Trinajstić information content (AvgIpc) is 3.05. The van der Waals surface area contributed by atoms with E-state index < -0.39 is 0 Å². The Bertz CT molecular complexity index is 510. The van der Waals surface area contributed by atoms with E-state index in [2.05, 4.69) is 29.2 Å². The van der Waals surface area contributed by atoms with E-state index in [0.717, 1.165) is 12.8 Å². The molecule has 1 aliphatic rings. The molecule has 2 heteroatoms. The van der Waals surface area contributed by atoms with Gasteiger partial charge in [0.05, 0.1) is 0 Å². The van der Waals surface area contributed by atoms with E-state index in [1.54, 1.807) is 0 Å². The fraction of sp³-hybridized carbons (Fsp3) is 0.357. The number of nitrogens with zero attached hydrogens (tertiary/aromatic N) is 1. The molecule has 0 atom stereocenters. The number of rotatable bonds is 3. The van der Waals surface area contributed by atoms with Crippen LogP contribution in [-0.4, -0.2) is 10.5 Å². The van der Waals surface area contributed by atoms with Crippen molar-refractivity contribution in [2.45, 2.75) is 31.2 Å².